The Labute approximate surface area is 102 Å². The van der Waals surface area contributed by atoms with E-state index in [1.54, 1.807) is 20.1 Å². The molecule has 3 heteroatoms. The molecule has 1 atom stereocenters. The lowest BCUT2D eigenvalue weighted by atomic mass is 9.75. The van der Waals surface area contributed by atoms with Crippen molar-refractivity contribution in [3.8, 4) is 0 Å². The van der Waals surface area contributed by atoms with Crippen LogP contribution in [-0.2, 0) is 4.74 Å². The van der Waals surface area contributed by atoms with Crippen LogP contribution in [0.15, 0.2) is 18.2 Å². The van der Waals surface area contributed by atoms with E-state index in [9.17, 15) is 4.39 Å². The minimum atomic E-state index is -0.175. The van der Waals surface area contributed by atoms with Crippen LogP contribution in [0.3, 0.4) is 0 Å². The van der Waals surface area contributed by atoms with Crippen LogP contribution in [0.25, 0.3) is 0 Å². The molecular formula is C14H20FNO. The molecule has 0 aliphatic heterocycles. The first kappa shape index (κ1) is 12.5. The average molecular weight is 237 g/mol. The quantitative estimate of drug-likeness (QED) is 0.873. The zero-order chi connectivity index (χ0) is 12.5. The molecule has 94 valence electrons. The van der Waals surface area contributed by atoms with E-state index < -0.39 is 0 Å². The smallest absolute Gasteiger partial charge is 0.126 e. The van der Waals surface area contributed by atoms with Crippen molar-refractivity contribution in [2.45, 2.75) is 44.2 Å². The number of rotatable bonds is 4. The molecule has 2 rings (SSSR count). The highest BCUT2D eigenvalue weighted by Crippen LogP contribution is 2.41. The Balaban J connectivity index is 2.08. The zero-order valence-corrected chi connectivity index (χ0v) is 10.5. The zero-order valence-electron chi connectivity index (χ0n) is 10.5. The molecule has 1 fully saturated rings. The van der Waals surface area contributed by atoms with E-state index in [0.717, 1.165) is 24.8 Å². The van der Waals surface area contributed by atoms with E-state index >= 15 is 0 Å². The summed E-state index contributed by atoms with van der Waals surface area (Å²) in [4.78, 5) is 0. The van der Waals surface area contributed by atoms with Crippen molar-refractivity contribution in [2.75, 3.05) is 7.11 Å². The summed E-state index contributed by atoms with van der Waals surface area (Å²) >= 11 is 0. The van der Waals surface area contributed by atoms with Crippen molar-refractivity contribution >= 4 is 0 Å². The van der Waals surface area contributed by atoms with Gasteiger partial charge in [0.1, 0.15) is 5.82 Å². The van der Waals surface area contributed by atoms with Gasteiger partial charge in [0, 0.05) is 13.2 Å². The molecule has 0 heterocycles. The van der Waals surface area contributed by atoms with E-state index in [-0.39, 0.29) is 17.5 Å². The molecule has 1 saturated carbocycles. The summed E-state index contributed by atoms with van der Waals surface area (Å²) in [6, 6.07) is 5.02. The van der Waals surface area contributed by atoms with E-state index in [1.807, 2.05) is 6.07 Å². The fourth-order valence-electron chi connectivity index (χ4n) is 2.48. The van der Waals surface area contributed by atoms with Crippen LogP contribution < -0.4 is 5.73 Å². The van der Waals surface area contributed by atoms with Crippen LogP contribution in [0.5, 0.6) is 0 Å². The van der Waals surface area contributed by atoms with Gasteiger partial charge in [-0.05, 0) is 49.8 Å². The molecule has 1 aromatic carbocycles. The van der Waals surface area contributed by atoms with Gasteiger partial charge in [-0.15, -0.1) is 0 Å². The van der Waals surface area contributed by atoms with Gasteiger partial charge in [0.15, 0.2) is 0 Å². The summed E-state index contributed by atoms with van der Waals surface area (Å²) in [7, 11) is 1.75. The number of nitrogens with two attached hydrogens (primary N) is 1. The monoisotopic (exact) mass is 237 g/mol. The largest absolute Gasteiger partial charge is 0.378 e. The van der Waals surface area contributed by atoms with Gasteiger partial charge in [0.25, 0.3) is 0 Å². The number of halogens is 1. The topological polar surface area (TPSA) is 35.2 Å². The molecule has 2 nitrogen and oxygen atoms in total. The van der Waals surface area contributed by atoms with Gasteiger partial charge < -0.3 is 10.5 Å². The highest BCUT2D eigenvalue weighted by atomic mass is 19.1. The average Bonchev–Trinajstić information content (AvgIpc) is 2.27. The molecule has 0 aromatic heterocycles. The third-order valence-corrected chi connectivity index (χ3v) is 3.90. The van der Waals surface area contributed by atoms with Gasteiger partial charge in [-0.25, -0.2) is 4.39 Å². The van der Waals surface area contributed by atoms with Crippen LogP contribution in [-0.4, -0.2) is 12.7 Å². The van der Waals surface area contributed by atoms with Crippen LogP contribution in [0.2, 0.25) is 0 Å². The molecule has 0 saturated heterocycles. The third-order valence-electron chi connectivity index (χ3n) is 3.90. The molecule has 1 aliphatic carbocycles. The third kappa shape index (κ3) is 2.50. The van der Waals surface area contributed by atoms with Crippen molar-refractivity contribution in [3.05, 3.63) is 35.1 Å². The second-order valence-corrected chi connectivity index (χ2v) is 5.06. The highest BCUT2D eigenvalue weighted by molar-refractivity contribution is 5.26. The van der Waals surface area contributed by atoms with E-state index in [4.69, 9.17) is 10.5 Å². The van der Waals surface area contributed by atoms with Crippen LogP contribution in [0.1, 0.15) is 42.9 Å². The number of hydrogen-bond donors (Lipinski definition) is 1. The van der Waals surface area contributed by atoms with Crippen molar-refractivity contribution in [1.29, 1.82) is 0 Å². The lowest BCUT2D eigenvalue weighted by Crippen LogP contribution is -2.41. The Bertz CT molecular complexity index is 396. The molecule has 0 amide bonds. The van der Waals surface area contributed by atoms with Gasteiger partial charge in [-0.3, -0.25) is 0 Å². The van der Waals surface area contributed by atoms with Crippen LogP contribution >= 0.6 is 0 Å². The summed E-state index contributed by atoms with van der Waals surface area (Å²) in [5, 5.41) is 0. The lowest BCUT2D eigenvalue weighted by Gasteiger charge is -2.42. The maximum absolute atomic E-state index is 13.2. The van der Waals surface area contributed by atoms with Gasteiger partial charge in [0.2, 0.25) is 0 Å². The maximum Gasteiger partial charge on any atom is 0.126 e. The van der Waals surface area contributed by atoms with Gasteiger partial charge in [-0.2, -0.15) is 0 Å². The molecule has 17 heavy (non-hydrogen) atoms. The summed E-state index contributed by atoms with van der Waals surface area (Å²) in [6.07, 6.45) is 4.19. The minimum Gasteiger partial charge on any atom is -0.378 e. The Morgan fingerprint density at radius 2 is 2.18 bits per heavy atom. The molecule has 0 spiro atoms. The van der Waals surface area contributed by atoms with Crippen molar-refractivity contribution < 1.29 is 9.13 Å². The molecule has 1 aliphatic rings. The standard InChI is InChI=1S/C14H20FNO/c1-10-8-11(4-5-12(10)15)13(16)9-14(17-2)6-3-7-14/h4-5,8,13H,3,6-7,9,16H2,1-2H3. The van der Waals surface area contributed by atoms with Crippen LogP contribution in [0, 0.1) is 12.7 Å². The predicted octanol–water partition coefficient (Wildman–Crippen LogP) is 3.09. The number of aryl methyl sites for hydroxylation is 1. The molecule has 1 aromatic rings. The van der Waals surface area contributed by atoms with E-state index in [0.29, 0.717) is 5.56 Å². The second-order valence-electron chi connectivity index (χ2n) is 5.06. The molecular weight excluding hydrogens is 217 g/mol. The summed E-state index contributed by atoms with van der Waals surface area (Å²) in [5.74, 6) is -0.175. The molecule has 0 radical (unpaired) electrons. The van der Waals surface area contributed by atoms with Gasteiger partial charge >= 0.3 is 0 Å². The normalized spacial score (nSPS) is 19.8. The van der Waals surface area contributed by atoms with Crippen molar-refractivity contribution in [2.24, 2.45) is 5.73 Å². The number of ether oxygens (including phenoxy) is 1. The fourth-order valence-corrected chi connectivity index (χ4v) is 2.48. The maximum atomic E-state index is 13.2. The Kier molecular flexibility index (Phi) is 3.50. The highest BCUT2D eigenvalue weighted by Gasteiger charge is 2.38. The number of benzene rings is 1. The Hall–Kier alpha value is -0.930. The first-order valence-corrected chi connectivity index (χ1v) is 6.13. The fraction of sp³-hybridized carbons (Fsp3) is 0.571. The summed E-state index contributed by atoms with van der Waals surface area (Å²) in [5.41, 5.74) is 7.79. The SMILES string of the molecule is COC1(CC(N)c2ccc(F)c(C)c2)CCC1. The molecule has 2 N–H and O–H groups in total. The van der Waals surface area contributed by atoms with E-state index in [2.05, 4.69) is 0 Å². The van der Waals surface area contributed by atoms with Gasteiger partial charge in [-0.1, -0.05) is 12.1 Å². The summed E-state index contributed by atoms with van der Waals surface area (Å²) < 4.78 is 18.7. The predicted molar refractivity (Wildman–Crippen MR) is 66.3 cm³/mol. The van der Waals surface area contributed by atoms with Crippen LogP contribution in [0.4, 0.5) is 4.39 Å². The Morgan fingerprint density at radius 1 is 1.47 bits per heavy atom. The first-order chi connectivity index (χ1) is 8.06. The summed E-state index contributed by atoms with van der Waals surface area (Å²) in [6.45, 7) is 1.76. The molecule has 1 unspecified atom stereocenters. The number of methoxy groups -OCH3 is 1. The Morgan fingerprint density at radius 3 is 2.65 bits per heavy atom. The minimum absolute atomic E-state index is 0.0400. The van der Waals surface area contributed by atoms with Gasteiger partial charge in [0.05, 0.1) is 5.60 Å². The first-order valence-electron chi connectivity index (χ1n) is 6.13. The lowest BCUT2D eigenvalue weighted by molar-refractivity contribution is -0.0817. The van der Waals surface area contributed by atoms with Crippen molar-refractivity contribution in [3.63, 3.8) is 0 Å². The molecule has 0 bridgehead atoms. The number of hydrogen-bond acceptors (Lipinski definition) is 2. The van der Waals surface area contributed by atoms with Crippen molar-refractivity contribution in [1.82, 2.24) is 0 Å². The second kappa shape index (κ2) is 4.75. The van der Waals surface area contributed by atoms with E-state index in [1.165, 1.54) is 12.5 Å².